The van der Waals surface area contributed by atoms with Gasteiger partial charge in [0.1, 0.15) is 0 Å². The van der Waals surface area contributed by atoms with Gasteiger partial charge in [0.25, 0.3) is 5.91 Å². The van der Waals surface area contributed by atoms with E-state index < -0.39 is 0 Å². The fourth-order valence-electron chi connectivity index (χ4n) is 2.24. The Hall–Kier alpha value is -2.08. The second kappa shape index (κ2) is 6.58. The molecule has 1 fully saturated rings. The van der Waals surface area contributed by atoms with Crippen LogP contribution in [0.15, 0.2) is 24.3 Å². The SMILES string of the molecule is CC1CN(C(=O)CNC(=O)c2ccc(N)cc2)C(C)CO1. The molecule has 1 saturated heterocycles. The summed E-state index contributed by atoms with van der Waals surface area (Å²) in [5.41, 5.74) is 6.65. The lowest BCUT2D eigenvalue weighted by atomic mass is 10.2. The second-order valence-electron chi connectivity index (χ2n) is 5.34. The summed E-state index contributed by atoms with van der Waals surface area (Å²) in [7, 11) is 0. The molecule has 2 amide bonds. The zero-order valence-electron chi connectivity index (χ0n) is 12.3. The number of amides is 2. The van der Waals surface area contributed by atoms with Gasteiger partial charge in [-0.05, 0) is 38.1 Å². The predicted molar refractivity (Wildman–Crippen MR) is 79.8 cm³/mol. The molecule has 0 radical (unpaired) electrons. The van der Waals surface area contributed by atoms with E-state index in [-0.39, 0.29) is 30.5 Å². The molecule has 21 heavy (non-hydrogen) atoms. The van der Waals surface area contributed by atoms with Gasteiger partial charge in [0.2, 0.25) is 5.91 Å². The van der Waals surface area contributed by atoms with Crippen LogP contribution in [0, 0.1) is 0 Å². The maximum atomic E-state index is 12.2. The van der Waals surface area contributed by atoms with E-state index in [2.05, 4.69) is 5.32 Å². The van der Waals surface area contributed by atoms with Crippen molar-refractivity contribution in [1.29, 1.82) is 0 Å². The fraction of sp³-hybridized carbons (Fsp3) is 0.467. The minimum absolute atomic E-state index is 0.0136. The molecular weight excluding hydrogens is 270 g/mol. The highest BCUT2D eigenvalue weighted by molar-refractivity contribution is 5.96. The van der Waals surface area contributed by atoms with Gasteiger partial charge in [-0.15, -0.1) is 0 Å². The topological polar surface area (TPSA) is 84.7 Å². The zero-order valence-corrected chi connectivity index (χ0v) is 12.3. The number of benzene rings is 1. The number of ether oxygens (including phenoxy) is 1. The van der Waals surface area contributed by atoms with Gasteiger partial charge in [0, 0.05) is 17.8 Å². The van der Waals surface area contributed by atoms with Gasteiger partial charge in [0.15, 0.2) is 0 Å². The third-order valence-corrected chi connectivity index (χ3v) is 3.50. The highest BCUT2D eigenvalue weighted by Gasteiger charge is 2.27. The summed E-state index contributed by atoms with van der Waals surface area (Å²) >= 11 is 0. The Morgan fingerprint density at radius 2 is 2.00 bits per heavy atom. The molecule has 1 aliphatic heterocycles. The van der Waals surface area contributed by atoms with Crippen molar-refractivity contribution in [2.75, 3.05) is 25.4 Å². The average Bonchev–Trinajstić information content (AvgIpc) is 2.47. The van der Waals surface area contributed by atoms with Crippen molar-refractivity contribution >= 4 is 17.5 Å². The van der Waals surface area contributed by atoms with Crippen molar-refractivity contribution in [2.45, 2.75) is 26.0 Å². The molecule has 2 atom stereocenters. The molecule has 0 spiro atoms. The van der Waals surface area contributed by atoms with Crippen LogP contribution >= 0.6 is 0 Å². The van der Waals surface area contributed by atoms with E-state index in [0.717, 1.165) is 0 Å². The third-order valence-electron chi connectivity index (χ3n) is 3.50. The molecule has 6 heteroatoms. The lowest BCUT2D eigenvalue weighted by Gasteiger charge is -2.36. The van der Waals surface area contributed by atoms with Crippen LogP contribution in [0.2, 0.25) is 0 Å². The molecule has 6 nitrogen and oxygen atoms in total. The van der Waals surface area contributed by atoms with E-state index in [4.69, 9.17) is 10.5 Å². The van der Waals surface area contributed by atoms with Crippen molar-refractivity contribution in [3.63, 3.8) is 0 Å². The zero-order chi connectivity index (χ0) is 15.4. The number of hydrogen-bond donors (Lipinski definition) is 2. The Labute approximate surface area is 124 Å². The van der Waals surface area contributed by atoms with Crippen molar-refractivity contribution < 1.29 is 14.3 Å². The van der Waals surface area contributed by atoms with Gasteiger partial charge in [-0.2, -0.15) is 0 Å². The number of rotatable bonds is 3. The summed E-state index contributed by atoms with van der Waals surface area (Å²) in [6.07, 6.45) is 0.0259. The number of nitrogens with one attached hydrogen (secondary N) is 1. The van der Waals surface area contributed by atoms with Crippen LogP contribution in [0.1, 0.15) is 24.2 Å². The van der Waals surface area contributed by atoms with E-state index in [1.54, 1.807) is 29.2 Å². The van der Waals surface area contributed by atoms with Crippen LogP contribution in [0.3, 0.4) is 0 Å². The number of anilines is 1. The molecule has 114 valence electrons. The summed E-state index contributed by atoms with van der Waals surface area (Å²) in [5.74, 6) is -0.376. The van der Waals surface area contributed by atoms with Crippen LogP contribution in [-0.2, 0) is 9.53 Å². The van der Waals surface area contributed by atoms with Crippen LogP contribution in [0.5, 0.6) is 0 Å². The molecule has 0 saturated carbocycles. The molecule has 2 rings (SSSR count). The largest absolute Gasteiger partial charge is 0.399 e. The maximum absolute atomic E-state index is 12.2. The quantitative estimate of drug-likeness (QED) is 0.800. The number of carbonyl (C=O) groups excluding carboxylic acids is 2. The third kappa shape index (κ3) is 3.95. The van der Waals surface area contributed by atoms with E-state index >= 15 is 0 Å². The van der Waals surface area contributed by atoms with Crippen molar-refractivity contribution in [3.8, 4) is 0 Å². The first kappa shape index (κ1) is 15.3. The van der Waals surface area contributed by atoms with Gasteiger partial charge in [0.05, 0.1) is 25.3 Å². The van der Waals surface area contributed by atoms with Crippen LogP contribution in [0.25, 0.3) is 0 Å². The van der Waals surface area contributed by atoms with Crippen molar-refractivity contribution in [1.82, 2.24) is 10.2 Å². The Kier molecular flexibility index (Phi) is 4.80. The van der Waals surface area contributed by atoms with Crippen LogP contribution in [0.4, 0.5) is 5.69 Å². The molecule has 0 aliphatic carbocycles. The first-order valence-electron chi connectivity index (χ1n) is 7.02. The Morgan fingerprint density at radius 1 is 1.33 bits per heavy atom. The van der Waals surface area contributed by atoms with Gasteiger partial charge < -0.3 is 20.7 Å². The first-order chi connectivity index (χ1) is 9.97. The number of carbonyl (C=O) groups is 2. The first-order valence-corrected chi connectivity index (χ1v) is 7.02. The van der Waals surface area contributed by atoms with E-state index in [1.807, 2.05) is 13.8 Å². The molecule has 1 heterocycles. The monoisotopic (exact) mass is 291 g/mol. The molecule has 0 bridgehead atoms. The fourth-order valence-corrected chi connectivity index (χ4v) is 2.24. The van der Waals surface area contributed by atoms with E-state index in [1.165, 1.54) is 0 Å². The van der Waals surface area contributed by atoms with Crippen LogP contribution in [-0.4, -0.2) is 48.6 Å². The number of hydrogen-bond acceptors (Lipinski definition) is 4. The van der Waals surface area contributed by atoms with E-state index in [9.17, 15) is 9.59 Å². The van der Waals surface area contributed by atoms with Crippen molar-refractivity contribution in [3.05, 3.63) is 29.8 Å². The standard InChI is InChI=1S/C15H21N3O3/c1-10-9-21-11(2)8-18(10)14(19)7-17-15(20)12-3-5-13(16)6-4-12/h3-6,10-11H,7-9,16H2,1-2H3,(H,17,20). The van der Waals surface area contributed by atoms with E-state index in [0.29, 0.717) is 24.4 Å². The van der Waals surface area contributed by atoms with Gasteiger partial charge in [-0.1, -0.05) is 0 Å². The number of nitrogen functional groups attached to an aromatic ring is 1. The summed E-state index contributed by atoms with van der Waals surface area (Å²) < 4.78 is 5.48. The molecule has 1 aromatic carbocycles. The van der Waals surface area contributed by atoms with Crippen molar-refractivity contribution in [2.24, 2.45) is 0 Å². The van der Waals surface area contributed by atoms with Gasteiger partial charge in [-0.3, -0.25) is 9.59 Å². The highest BCUT2D eigenvalue weighted by Crippen LogP contribution is 2.11. The lowest BCUT2D eigenvalue weighted by molar-refractivity contribution is -0.142. The Morgan fingerprint density at radius 3 is 2.67 bits per heavy atom. The van der Waals surface area contributed by atoms with Gasteiger partial charge >= 0.3 is 0 Å². The molecule has 3 N–H and O–H groups in total. The normalized spacial score (nSPS) is 21.9. The van der Waals surface area contributed by atoms with Gasteiger partial charge in [-0.25, -0.2) is 0 Å². The number of morpholine rings is 1. The highest BCUT2D eigenvalue weighted by atomic mass is 16.5. The summed E-state index contributed by atoms with van der Waals surface area (Å²) in [6, 6.07) is 6.61. The Balaban J connectivity index is 1.88. The molecule has 2 unspecified atom stereocenters. The average molecular weight is 291 g/mol. The summed E-state index contributed by atoms with van der Waals surface area (Å²) in [6.45, 7) is 4.93. The van der Waals surface area contributed by atoms with Crippen LogP contribution < -0.4 is 11.1 Å². The minimum atomic E-state index is -0.280. The lowest BCUT2D eigenvalue weighted by Crippen LogP contribution is -2.52. The predicted octanol–water partition coefficient (Wildman–Crippen LogP) is 0.634. The number of nitrogens with zero attached hydrogens (tertiary/aromatic N) is 1. The smallest absolute Gasteiger partial charge is 0.251 e. The molecule has 1 aromatic rings. The minimum Gasteiger partial charge on any atom is -0.399 e. The number of nitrogens with two attached hydrogens (primary N) is 1. The molecular formula is C15H21N3O3. The Bertz CT molecular complexity index is 515. The summed E-state index contributed by atoms with van der Waals surface area (Å²) in [5, 5.41) is 2.64. The molecule has 1 aliphatic rings. The second-order valence-corrected chi connectivity index (χ2v) is 5.34. The summed E-state index contributed by atoms with van der Waals surface area (Å²) in [4.78, 5) is 25.9. The maximum Gasteiger partial charge on any atom is 0.251 e. The molecule has 0 aromatic heterocycles.